The molecule has 1 aliphatic heterocycles. The van der Waals surface area contributed by atoms with Crippen LogP contribution in [-0.4, -0.2) is 42.9 Å². The van der Waals surface area contributed by atoms with Gasteiger partial charge in [-0.3, -0.25) is 4.79 Å². The number of sulfone groups is 1. The Kier molecular flexibility index (Phi) is 4.19. The predicted octanol–water partition coefficient (Wildman–Crippen LogP) is 0.462. The first-order chi connectivity index (χ1) is 9.27. The minimum atomic E-state index is -3.01. The minimum Gasteiger partial charge on any atom is -0.382 e. The van der Waals surface area contributed by atoms with Crippen molar-refractivity contribution in [3.63, 3.8) is 0 Å². The van der Waals surface area contributed by atoms with Gasteiger partial charge < -0.3 is 16.4 Å². The Hall–Kier alpha value is -1.35. The quantitative estimate of drug-likeness (QED) is 0.743. The number of nitrogens with zero attached hydrogens (tertiary/aromatic N) is 1. The molecule has 112 valence electrons. The molecule has 0 saturated carbocycles. The Labute approximate surface area is 121 Å². The first-order valence-corrected chi connectivity index (χ1v) is 8.95. The van der Waals surface area contributed by atoms with E-state index in [4.69, 9.17) is 5.73 Å². The van der Waals surface area contributed by atoms with Gasteiger partial charge in [0.25, 0.3) is 5.91 Å². The fraction of sp³-hybridized carbons (Fsp3) is 0.636. The van der Waals surface area contributed by atoms with Crippen molar-refractivity contribution in [2.45, 2.75) is 32.4 Å². The van der Waals surface area contributed by atoms with Crippen LogP contribution in [0.5, 0.6) is 0 Å². The van der Waals surface area contributed by atoms with E-state index in [2.05, 4.69) is 15.6 Å². The van der Waals surface area contributed by atoms with Gasteiger partial charge in [0, 0.05) is 12.1 Å². The third-order valence-electron chi connectivity index (χ3n) is 2.84. The Morgan fingerprint density at radius 3 is 2.75 bits per heavy atom. The molecule has 1 atom stereocenters. The molecule has 1 saturated heterocycles. The van der Waals surface area contributed by atoms with Crippen LogP contribution in [-0.2, 0) is 9.84 Å². The molecule has 4 N–H and O–H groups in total. The van der Waals surface area contributed by atoms with Crippen molar-refractivity contribution in [2.24, 2.45) is 0 Å². The zero-order valence-electron chi connectivity index (χ0n) is 11.3. The molecule has 1 aliphatic rings. The van der Waals surface area contributed by atoms with Gasteiger partial charge >= 0.3 is 0 Å². The summed E-state index contributed by atoms with van der Waals surface area (Å²) in [6.07, 6.45) is 0.448. The van der Waals surface area contributed by atoms with Crippen LogP contribution in [0.4, 0.5) is 10.9 Å². The van der Waals surface area contributed by atoms with Gasteiger partial charge in [-0.25, -0.2) is 13.4 Å². The molecule has 0 radical (unpaired) electrons. The molecule has 0 bridgehead atoms. The molecule has 1 aromatic heterocycles. The molecule has 0 aromatic carbocycles. The number of aromatic nitrogens is 1. The van der Waals surface area contributed by atoms with E-state index in [1.54, 1.807) is 0 Å². The van der Waals surface area contributed by atoms with Crippen LogP contribution < -0.4 is 16.4 Å². The van der Waals surface area contributed by atoms with Crippen LogP contribution in [0, 0.1) is 0 Å². The fourth-order valence-corrected chi connectivity index (χ4v) is 4.57. The number of hydrogen-bond acceptors (Lipinski definition) is 7. The van der Waals surface area contributed by atoms with E-state index < -0.39 is 9.84 Å². The molecule has 0 aliphatic carbocycles. The molecule has 1 aromatic rings. The summed E-state index contributed by atoms with van der Waals surface area (Å²) in [5.74, 6) is -0.0828. The van der Waals surface area contributed by atoms with Crippen LogP contribution in [0.2, 0.25) is 0 Å². The Morgan fingerprint density at radius 2 is 2.20 bits per heavy atom. The molecule has 1 amide bonds. The number of carbonyl (C=O) groups excluding carboxylic acids is 1. The van der Waals surface area contributed by atoms with Crippen molar-refractivity contribution in [3.05, 3.63) is 4.88 Å². The van der Waals surface area contributed by atoms with Crippen LogP contribution in [0.15, 0.2) is 0 Å². The molecular weight excluding hydrogens is 300 g/mol. The van der Waals surface area contributed by atoms with E-state index in [9.17, 15) is 13.2 Å². The lowest BCUT2D eigenvalue weighted by Crippen LogP contribution is -2.35. The summed E-state index contributed by atoms with van der Waals surface area (Å²) in [5.41, 5.74) is 5.73. The lowest BCUT2D eigenvalue weighted by Gasteiger charge is -2.09. The highest BCUT2D eigenvalue weighted by atomic mass is 32.2. The largest absolute Gasteiger partial charge is 0.382 e. The van der Waals surface area contributed by atoms with Crippen LogP contribution in [0.25, 0.3) is 0 Å². The van der Waals surface area contributed by atoms with E-state index in [1.165, 1.54) is 11.3 Å². The van der Waals surface area contributed by atoms with Crippen molar-refractivity contribution in [1.29, 1.82) is 0 Å². The molecule has 0 spiro atoms. The maximum atomic E-state index is 12.1. The third kappa shape index (κ3) is 3.60. The number of hydrogen-bond donors (Lipinski definition) is 3. The van der Waals surface area contributed by atoms with Gasteiger partial charge in [-0.1, -0.05) is 11.3 Å². The van der Waals surface area contributed by atoms with E-state index in [0.717, 1.165) is 0 Å². The lowest BCUT2D eigenvalue weighted by atomic mass is 10.2. The summed E-state index contributed by atoms with van der Waals surface area (Å²) in [6.45, 7) is 3.92. The normalized spacial score (nSPS) is 21.1. The smallest absolute Gasteiger partial charge is 0.265 e. The van der Waals surface area contributed by atoms with E-state index in [1.807, 2.05) is 13.8 Å². The average Bonchev–Trinajstić information content (AvgIpc) is 2.81. The van der Waals surface area contributed by atoms with Crippen molar-refractivity contribution in [3.8, 4) is 0 Å². The SMILES string of the molecule is CC(C)Nc1nc(N)c(C(=O)NC2CCS(=O)(=O)C2)s1. The molecule has 1 unspecified atom stereocenters. The number of nitrogens with one attached hydrogen (secondary N) is 2. The number of amides is 1. The zero-order valence-corrected chi connectivity index (χ0v) is 13.0. The first kappa shape index (κ1) is 15.0. The van der Waals surface area contributed by atoms with Crippen LogP contribution in [0.3, 0.4) is 0 Å². The number of rotatable bonds is 4. The molecule has 2 rings (SSSR count). The number of nitrogen functional groups attached to an aromatic ring is 1. The Morgan fingerprint density at radius 1 is 1.50 bits per heavy atom. The van der Waals surface area contributed by atoms with Crippen LogP contribution >= 0.6 is 11.3 Å². The van der Waals surface area contributed by atoms with E-state index in [0.29, 0.717) is 16.4 Å². The summed E-state index contributed by atoms with van der Waals surface area (Å²) in [5, 5.41) is 6.37. The van der Waals surface area contributed by atoms with Crippen molar-refractivity contribution < 1.29 is 13.2 Å². The maximum Gasteiger partial charge on any atom is 0.265 e. The summed E-state index contributed by atoms with van der Waals surface area (Å²) >= 11 is 1.17. The van der Waals surface area contributed by atoms with Crippen molar-refractivity contribution in [2.75, 3.05) is 22.6 Å². The van der Waals surface area contributed by atoms with Gasteiger partial charge in [-0.05, 0) is 20.3 Å². The van der Waals surface area contributed by atoms with Crippen LogP contribution in [0.1, 0.15) is 29.9 Å². The van der Waals surface area contributed by atoms with Gasteiger partial charge in [-0.15, -0.1) is 0 Å². The van der Waals surface area contributed by atoms with E-state index in [-0.39, 0.29) is 35.3 Å². The number of nitrogens with two attached hydrogens (primary N) is 1. The zero-order chi connectivity index (χ0) is 14.9. The topological polar surface area (TPSA) is 114 Å². The van der Waals surface area contributed by atoms with Crippen molar-refractivity contribution >= 4 is 38.0 Å². The molecule has 1 fully saturated rings. The lowest BCUT2D eigenvalue weighted by molar-refractivity contribution is 0.0946. The van der Waals surface area contributed by atoms with E-state index >= 15 is 0 Å². The molecule has 20 heavy (non-hydrogen) atoms. The molecule has 9 heteroatoms. The molecule has 7 nitrogen and oxygen atoms in total. The summed E-state index contributed by atoms with van der Waals surface area (Å²) in [6, 6.07) is -0.146. The average molecular weight is 318 g/mol. The standard InChI is InChI=1S/C11H18N4O3S2/c1-6(2)13-11-15-9(12)8(19-11)10(16)14-7-3-4-20(17,18)5-7/h6-7H,3-5,12H2,1-2H3,(H,13,15)(H,14,16). The van der Waals surface area contributed by atoms with Gasteiger partial charge in [0.15, 0.2) is 15.0 Å². The van der Waals surface area contributed by atoms with Gasteiger partial charge in [0.2, 0.25) is 0 Å². The summed E-state index contributed by atoms with van der Waals surface area (Å²) in [7, 11) is -3.01. The molecule has 2 heterocycles. The Balaban J connectivity index is 2.04. The summed E-state index contributed by atoms with van der Waals surface area (Å²) < 4.78 is 22.7. The second-order valence-electron chi connectivity index (χ2n) is 5.11. The first-order valence-electron chi connectivity index (χ1n) is 6.31. The number of carbonyl (C=O) groups is 1. The number of anilines is 2. The second-order valence-corrected chi connectivity index (χ2v) is 8.33. The Bertz CT molecular complexity index is 609. The highest BCUT2D eigenvalue weighted by molar-refractivity contribution is 7.91. The fourth-order valence-electron chi connectivity index (χ4n) is 1.96. The third-order valence-corrected chi connectivity index (χ3v) is 5.61. The second kappa shape index (κ2) is 5.57. The van der Waals surface area contributed by atoms with Crippen molar-refractivity contribution in [1.82, 2.24) is 10.3 Å². The number of thiazole rings is 1. The highest BCUT2D eigenvalue weighted by Gasteiger charge is 2.30. The monoisotopic (exact) mass is 318 g/mol. The molecular formula is C11H18N4O3S2. The van der Waals surface area contributed by atoms with Gasteiger partial charge in [0.05, 0.1) is 11.5 Å². The predicted molar refractivity (Wildman–Crippen MR) is 79.8 cm³/mol. The van der Waals surface area contributed by atoms with Gasteiger partial charge in [0.1, 0.15) is 10.7 Å². The highest BCUT2D eigenvalue weighted by Crippen LogP contribution is 2.25. The maximum absolute atomic E-state index is 12.1. The summed E-state index contributed by atoms with van der Waals surface area (Å²) in [4.78, 5) is 16.5. The van der Waals surface area contributed by atoms with Gasteiger partial charge in [-0.2, -0.15) is 0 Å². The minimum absolute atomic E-state index is 0.00541.